The molecule has 0 aromatic heterocycles. The SMILES string of the molecule is CCC(C)N1CCC(C)N(C)C1. The van der Waals surface area contributed by atoms with Gasteiger partial charge in [-0.2, -0.15) is 0 Å². The van der Waals surface area contributed by atoms with E-state index in [2.05, 4.69) is 37.6 Å². The fourth-order valence-corrected chi connectivity index (χ4v) is 1.69. The molecule has 0 amide bonds. The van der Waals surface area contributed by atoms with E-state index in [0.717, 1.165) is 18.8 Å². The topological polar surface area (TPSA) is 6.48 Å². The maximum absolute atomic E-state index is 2.57. The number of rotatable bonds is 2. The Morgan fingerprint density at radius 2 is 2.17 bits per heavy atom. The monoisotopic (exact) mass is 170 g/mol. The summed E-state index contributed by atoms with van der Waals surface area (Å²) in [4.78, 5) is 5.01. The first-order valence-corrected chi connectivity index (χ1v) is 5.09. The molecule has 0 aromatic carbocycles. The third-order valence-corrected chi connectivity index (χ3v) is 3.21. The average Bonchev–Trinajstić information content (AvgIpc) is 2.08. The van der Waals surface area contributed by atoms with Gasteiger partial charge in [-0.15, -0.1) is 0 Å². The van der Waals surface area contributed by atoms with E-state index in [4.69, 9.17) is 0 Å². The van der Waals surface area contributed by atoms with Crippen LogP contribution in [0.2, 0.25) is 0 Å². The zero-order valence-corrected chi connectivity index (χ0v) is 8.88. The third-order valence-electron chi connectivity index (χ3n) is 3.21. The van der Waals surface area contributed by atoms with Crippen LogP contribution in [-0.2, 0) is 0 Å². The smallest absolute Gasteiger partial charge is 0.0508 e. The van der Waals surface area contributed by atoms with Crippen molar-refractivity contribution in [3.8, 4) is 0 Å². The fourth-order valence-electron chi connectivity index (χ4n) is 1.69. The van der Waals surface area contributed by atoms with E-state index in [1.807, 2.05) is 0 Å². The van der Waals surface area contributed by atoms with Crippen LogP contribution in [0.25, 0.3) is 0 Å². The second-order valence-electron chi connectivity index (χ2n) is 4.11. The van der Waals surface area contributed by atoms with Gasteiger partial charge in [0.2, 0.25) is 0 Å². The van der Waals surface area contributed by atoms with Crippen LogP contribution in [0.1, 0.15) is 33.6 Å². The van der Waals surface area contributed by atoms with Gasteiger partial charge in [-0.25, -0.2) is 0 Å². The number of hydrogen-bond acceptors (Lipinski definition) is 2. The Hall–Kier alpha value is -0.0800. The van der Waals surface area contributed by atoms with Gasteiger partial charge in [0.05, 0.1) is 6.67 Å². The second-order valence-corrected chi connectivity index (χ2v) is 4.11. The Morgan fingerprint density at radius 1 is 1.50 bits per heavy atom. The van der Waals surface area contributed by atoms with Crippen molar-refractivity contribution in [2.24, 2.45) is 0 Å². The molecule has 0 aliphatic carbocycles. The first kappa shape index (κ1) is 10.0. The van der Waals surface area contributed by atoms with Crippen molar-refractivity contribution < 1.29 is 0 Å². The van der Waals surface area contributed by atoms with E-state index in [0.29, 0.717) is 0 Å². The highest BCUT2D eigenvalue weighted by Crippen LogP contribution is 2.14. The van der Waals surface area contributed by atoms with Gasteiger partial charge in [-0.3, -0.25) is 9.80 Å². The fraction of sp³-hybridized carbons (Fsp3) is 1.00. The number of hydrogen-bond donors (Lipinski definition) is 0. The van der Waals surface area contributed by atoms with Gasteiger partial charge in [-0.05, 0) is 33.7 Å². The van der Waals surface area contributed by atoms with Crippen molar-refractivity contribution >= 4 is 0 Å². The minimum atomic E-state index is 0.750. The van der Waals surface area contributed by atoms with Gasteiger partial charge < -0.3 is 0 Å². The molecule has 0 aromatic rings. The van der Waals surface area contributed by atoms with Crippen molar-refractivity contribution in [2.45, 2.75) is 45.7 Å². The van der Waals surface area contributed by atoms with E-state index < -0.39 is 0 Å². The lowest BCUT2D eigenvalue weighted by molar-refractivity contribution is 0.0405. The summed E-state index contributed by atoms with van der Waals surface area (Å²) >= 11 is 0. The summed E-state index contributed by atoms with van der Waals surface area (Å²) in [5.41, 5.74) is 0. The Kier molecular flexibility index (Phi) is 3.53. The van der Waals surface area contributed by atoms with Gasteiger partial charge in [0.1, 0.15) is 0 Å². The summed E-state index contributed by atoms with van der Waals surface area (Å²) in [7, 11) is 2.22. The highest BCUT2D eigenvalue weighted by molar-refractivity contribution is 4.75. The maximum Gasteiger partial charge on any atom is 0.0508 e. The van der Waals surface area contributed by atoms with E-state index >= 15 is 0 Å². The molecule has 12 heavy (non-hydrogen) atoms. The van der Waals surface area contributed by atoms with Crippen LogP contribution in [0, 0.1) is 0 Å². The van der Waals surface area contributed by atoms with Crippen molar-refractivity contribution in [2.75, 3.05) is 20.3 Å². The predicted octanol–water partition coefficient (Wildman–Crippen LogP) is 1.77. The van der Waals surface area contributed by atoms with Crippen LogP contribution in [0.4, 0.5) is 0 Å². The van der Waals surface area contributed by atoms with Crippen LogP contribution < -0.4 is 0 Å². The van der Waals surface area contributed by atoms with Crippen LogP contribution in [0.5, 0.6) is 0 Å². The lowest BCUT2D eigenvalue weighted by Crippen LogP contribution is -2.50. The average molecular weight is 170 g/mol. The normalized spacial score (nSPS) is 30.5. The molecular weight excluding hydrogens is 148 g/mol. The minimum Gasteiger partial charge on any atom is -0.291 e. The molecule has 2 unspecified atom stereocenters. The molecule has 0 saturated carbocycles. The van der Waals surface area contributed by atoms with E-state index in [1.54, 1.807) is 0 Å². The highest BCUT2D eigenvalue weighted by atomic mass is 15.3. The summed E-state index contributed by atoms with van der Waals surface area (Å²) in [5.74, 6) is 0. The first-order valence-electron chi connectivity index (χ1n) is 5.09. The molecule has 2 heteroatoms. The Labute approximate surface area is 76.5 Å². The Morgan fingerprint density at radius 3 is 2.67 bits per heavy atom. The molecule has 2 atom stereocenters. The summed E-state index contributed by atoms with van der Waals surface area (Å²) in [6, 6.07) is 1.52. The highest BCUT2D eigenvalue weighted by Gasteiger charge is 2.22. The van der Waals surface area contributed by atoms with Gasteiger partial charge in [0.15, 0.2) is 0 Å². The second kappa shape index (κ2) is 4.24. The van der Waals surface area contributed by atoms with Crippen molar-refractivity contribution in [1.82, 2.24) is 9.80 Å². The van der Waals surface area contributed by atoms with Crippen LogP contribution in [0.15, 0.2) is 0 Å². The molecule has 0 radical (unpaired) electrons. The molecule has 1 aliphatic heterocycles. The van der Waals surface area contributed by atoms with Crippen LogP contribution >= 0.6 is 0 Å². The van der Waals surface area contributed by atoms with Crippen molar-refractivity contribution in [3.63, 3.8) is 0 Å². The summed E-state index contributed by atoms with van der Waals surface area (Å²) in [6.07, 6.45) is 2.59. The van der Waals surface area contributed by atoms with E-state index in [-0.39, 0.29) is 0 Å². The summed E-state index contributed by atoms with van der Waals surface area (Å²) in [6.45, 7) is 9.33. The first-order chi connectivity index (χ1) is 5.65. The molecule has 0 spiro atoms. The molecule has 1 rings (SSSR count). The molecule has 72 valence electrons. The summed E-state index contributed by atoms with van der Waals surface area (Å²) in [5, 5.41) is 0. The quantitative estimate of drug-likeness (QED) is 0.623. The third kappa shape index (κ3) is 2.20. The molecule has 1 saturated heterocycles. The Balaban J connectivity index is 2.39. The molecule has 0 bridgehead atoms. The maximum atomic E-state index is 2.57. The van der Waals surface area contributed by atoms with Gasteiger partial charge >= 0.3 is 0 Å². The van der Waals surface area contributed by atoms with Gasteiger partial charge in [-0.1, -0.05) is 6.92 Å². The Bertz CT molecular complexity index is 136. The van der Waals surface area contributed by atoms with Crippen LogP contribution in [0.3, 0.4) is 0 Å². The molecule has 1 heterocycles. The van der Waals surface area contributed by atoms with E-state index in [1.165, 1.54) is 19.4 Å². The van der Waals surface area contributed by atoms with Gasteiger partial charge in [0, 0.05) is 18.6 Å². The molecule has 2 nitrogen and oxygen atoms in total. The standard InChI is InChI=1S/C10H22N2/c1-5-9(2)12-7-6-10(3)11(4)8-12/h9-10H,5-8H2,1-4H3. The lowest BCUT2D eigenvalue weighted by Gasteiger charge is -2.40. The minimum absolute atomic E-state index is 0.750. The van der Waals surface area contributed by atoms with Gasteiger partial charge in [0.25, 0.3) is 0 Å². The molecule has 1 aliphatic rings. The predicted molar refractivity (Wildman–Crippen MR) is 53.2 cm³/mol. The molecule has 1 fully saturated rings. The largest absolute Gasteiger partial charge is 0.291 e. The van der Waals surface area contributed by atoms with Crippen LogP contribution in [-0.4, -0.2) is 42.1 Å². The van der Waals surface area contributed by atoms with Crippen molar-refractivity contribution in [1.29, 1.82) is 0 Å². The number of nitrogens with zero attached hydrogens (tertiary/aromatic N) is 2. The molecular formula is C10H22N2. The molecule has 0 N–H and O–H groups in total. The summed E-state index contributed by atoms with van der Waals surface area (Å²) < 4.78 is 0. The van der Waals surface area contributed by atoms with E-state index in [9.17, 15) is 0 Å². The zero-order valence-electron chi connectivity index (χ0n) is 8.88. The van der Waals surface area contributed by atoms with Crippen molar-refractivity contribution in [3.05, 3.63) is 0 Å². The lowest BCUT2D eigenvalue weighted by atomic mass is 10.1. The zero-order chi connectivity index (χ0) is 9.14.